The zero-order valence-corrected chi connectivity index (χ0v) is 12.8. The predicted octanol–water partition coefficient (Wildman–Crippen LogP) is 2.99. The molecule has 1 heterocycles. The van der Waals surface area contributed by atoms with Crippen molar-refractivity contribution in [1.82, 2.24) is 4.90 Å². The highest BCUT2D eigenvalue weighted by Crippen LogP contribution is 2.37. The molecule has 2 aliphatic rings. The lowest BCUT2D eigenvalue weighted by Gasteiger charge is -2.47. The van der Waals surface area contributed by atoms with Crippen LogP contribution in [-0.2, 0) is 12.8 Å². The maximum atomic E-state index is 6.25. The summed E-state index contributed by atoms with van der Waals surface area (Å²) in [5, 5.41) is 0. The van der Waals surface area contributed by atoms with Gasteiger partial charge < -0.3 is 5.73 Å². The van der Waals surface area contributed by atoms with Crippen LogP contribution in [0, 0.1) is 5.92 Å². The molecule has 2 nitrogen and oxygen atoms in total. The minimum absolute atomic E-state index is 0.277. The second-order valence-electron chi connectivity index (χ2n) is 6.89. The fraction of sp³-hybridized carbons (Fsp3) is 0.667. The molecule has 1 aliphatic carbocycles. The third-order valence-electron chi connectivity index (χ3n) is 5.54. The average Bonchev–Trinajstić information content (AvgIpc) is 2.70. The fourth-order valence-corrected chi connectivity index (χ4v) is 4.38. The Bertz CT molecular complexity index is 429. The Morgan fingerprint density at radius 2 is 1.85 bits per heavy atom. The van der Waals surface area contributed by atoms with Crippen molar-refractivity contribution in [2.24, 2.45) is 11.7 Å². The summed E-state index contributed by atoms with van der Waals surface area (Å²) in [5.74, 6) is 0.831. The number of benzene rings is 1. The van der Waals surface area contributed by atoms with E-state index in [9.17, 15) is 0 Å². The summed E-state index contributed by atoms with van der Waals surface area (Å²) in [4.78, 5) is 2.72. The summed E-state index contributed by atoms with van der Waals surface area (Å²) in [5.41, 5.74) is 9.62. The largest absolute Gasteiger partial charge is 0.329 e. The molecule has 0 aromatic heterocycles. The summed E-state index contributed by atoms with van der Waals surface area (Å²) >= 11 is 0. The van der Waals surface area contributed by atoms with Crippen molar-refractivity contribution in [2.45, 2.75) is 51.0 Å². The molecule has 0 radical (unpaired) electrons. The van der Waals surface area contributed by atoms with Crippen LogP contribution in [0.4, 0.5) is 0 Å². The zero-order valence-electron chi connectivity index (χ0n) is 12.8. The van der Waals surface area contributed by atoms with Gasteiger partial charge in [0.15, 0.2) is 0 Å². The number of nitrogens with zero attached hydrogens (tertiary/aromatic N) is 1. The molecular formula is C18H28N2. The molecule has 20 heavy (non-hydrogen) atoms. The summed E-state index contributed by atoms with van der Waals surface area (Å²) < 4.78 is 0. The molecular weight excluding hydrogens is 244 g/mol. The van der Waals surface area contributed by atoms with Gasteiger partial charge in [0.2, 0.25) is 0 Å². The minimum atomic E-state index is 0.277. The average molecular weight is 272 g/mol. The first-order valence-electron chi connectivity index (χ1n) is 8.25. The van der Waals surface area contributed by atoms with Crippen LogP contribution >= 0.6 is 0 Å². The summed E-state index contributed by atoms with van der Waals surface area (Å²) in [6.45, 7) is 5.59. The van der Waals surface area contributed by atoms with E-state index < -0.39 is 0 Å². The van der Waals surface area contributed by atoms with Crippen LogP contribution in [0.25, 0.3) is 0 Å². The quantitative estimate of drug-likeness (QED) is 0.897. The molecule has 1 saturated carbocycles. The number of rotatable bonds is 2. The Labute approximate surface area is 123 Å². The van der Waals surface area contributed by atoms with Crippen LogP contribution in [0.1, 0.15) is 43.7 Å². The lowest BCUT2D eigenvalue weighted by molar-refractivity contribution is 0.0426. The number of hydrogen-bond acceptors (Lipinski definition) is 2. The molecule has 2 heteroatoms. The van der Waals surface area contributed by atoms with E-state index in [0.717, 1.165) is 12.5 Å². The highest BCUT2D eigenvalue weighted by Gasteiger charge is 2.39. The summed E-state index contributed by atoms with van der Waals surface area (Å²) in [6.07, 6.45) is 7.69. The van der Waals surface area contributed by atoms with E-state index in [2.05, 4.69) is 36.1 Å². The first-order valence-corrected chi connectivity index (χ1v) is 8.25. The molecule has 0 bridgehead atoms. The molecule has 1 aromatic carbocycles. The second kappa shape index (κ2) is 5.87. The van der Waals surface area contributed by atoms with Gasteiger partial charge in [-0.25, -0.2) is 0 Å². The van der Waals surface area contributed by atoms with E-state index in [-0.39, 0.29) is 5.54 Å². The van der Waals surface area contributed by atoms with E-state index in [4.69, 9.17) is 5.73 Å². The van der Waals surface area contributed by atoms with Gasteiger partial charge >= 0.3 is 0 Å². The lowest BCUT2D eigenvalue weighted by Crippen LogP contribution is -2.56. The van der Waals surface area contributed by atoms with Crippen molar-refractivity contribution in [2.75, 3.05) is 19.6 Å². The Morgan fingerprint density at radius 3 is 2.40 bits per heavy atom. The standard InChI is InChI=1S/C18H28N2/c1-15-5-4-10-18(13-15,14-19)20-11-8-16-6-2-3-7-17(16)9-12-20/h2-3,6-7,15H,4-5,8-14,19H2,1H3. The van der Waals surface area contributed by atoms with Gasteiger partial charge in [-0.15, -0.1) is 0 Å². The normalized spacial score (nSPS) is 31.6. The monoisotopic (exact) mass is 272 g/mol. The maximum absolute atomic E-state index is 6.25. The van der Waals surface area contributed by atoms with Crippen LogP contribution in [0.2, 0.25) is 0 Å². The van der Waals surface area contributed by atoms with E-state index in [1.807, 2.05) is 0 Å². The smallest absolute Gasteiger partial charge is 0.0334 e. The Balaban J connectivity index is 1.78. The molecule has 2 unspecified atom stereocenters. The highest BCUT2D eigenvalue weighted by molar-refractivity contribution is 5.29. The van der Waals surface area contributed by atoms with Gasteiger partial charge in [-0.2, -0.15) is 0 Å². The van der Waals surface area contributed by atoms with Gasteiger partial charge in [-0.05, 0) is 42.7 Å². The molecule has 3 rings (SSSR count). The fourth-order valence-electron chi connectivity index (χ4n) is 4.38. The molecule has 0 spiro atoms. The van der Waals surface area contributed by atoms with Crippen LogP contribution in [0.15, 0.2) is 24.3 Å². The molecule has 2 N–H and O–H groups in total. The van der Waals surface area contributed by atoms with E-state index in [1.54, 1.807) is 11.1 Å². The van der Waals surface area contributed by atoms with Crippen molar-refractivity contribution in [3.63, 3.8) is 0 Å². The first-order chi connectivity index (χ1) is 9.73. The van der Waals surface area contributed by atoms with Crippen molar-refractivity contribution < 1.29 is 0 Å². The van der Waals surface area contributed by atoms with Gasteiger partial charge in [0, 0.05) is 25.2 Å². The number of fused-ring (bicyclic) bond motifs is 1. The van der Waals surface area contributed by atoms with Gasteiger partial charge in [-0.3, -0.25) is 4.90 Å². The molecule has 1 fully saturated rings. The number of hydrogen-bond donors (Lipinski definition) is 1. The Kier molecular flexibility index (Phi) is 4.13. The molecule has 1 aromatic rings. The zero-order chi connectivity index (χ0) is 14.0. The van der Waals surface area contributed by atoms with Crippen LogP contribution in [0.5, 0.6) is 0 Å². The molecule has 2 atom stereocenters. The van der Waals surface area contributed by atoms with E-state index >= 15 is 0 Å². The topological polar surface area (TPSA) is 29.3 Å². The van der Waals surface area contributed by atoms with Crippen molar-refractivity contribution >= 4 is 0 Å². The molecule has 0 amide bonds. The van der Waals surface area contributed by atoms with Crippen molar-refractivity contribution in [3.05, 3.63) is 35.4 Å². The van der Waals surface area contributed by atoms with Gasteiger partial charge in [-0.1, -0.05) is 44.0 Å². The van der Waals surface area contributed by atoms with Gasteiger partial charge in [0.1, 0.15) is 0 Å². The highest BCUT2D eigenvalue weighted by atomic mass is 15.2. The van der Waals surface area contributed by atoms with Crippen LogP contribution in [0.3, 0.4) is 0 Å². The molecule has 0 saturated heterocycles. The van der Waals surface area contributed by atoms with Crippen molar-refractivity contribution in [1.29, 1.82) is 0 Å². The van der Waals surface area contributed by atoms with Crippen molar-refractivity contribution in [3.8, 4) is 0 Å². The predicted molar refractivity (Wildman–Crippen MR) is 84.8 cm³/mol. The van der Waals surface area contributed by atoms with Gasteiger partial charge in [0.25, 0.3) is 0 Å². The maximum Gasteiger partial charge on any atom is 0.0334 e. The summed E-state index contributed by atoms with van der Waals surface area (Å²) in [6, 6.07) is 8.96. The third-order valence-corrected chi connectivity index (χ3v) is 5.54. The summed E-state index contributed by atoms with van der Waals surface area (Å²) in [7, 11) is 0. The van der Waals surface area contributed by atoms with E-state index in [0.29, 0.717) is 0 Å². The Hall–Kier alpha value is -0.860. The molecule has 110 valence electrons. The van der Waals surface area contributed by atoms with Crippen LogP contribution < -0.4 is 5.73 Å². The lowest BCUT2D eigenvalue weighted by atomic mass is 9.75. The number of nitrogens with two attached hydrogens (primary N) is 1. The first kappa shape index (κ1) is 14.1. The third kappa shape index (κ3) is 2.64. The van der Waals surface area contributed by atoms with Crippen LogP contribution in [-0.4, -0.2) is 30.1 Å². The second-order valence-corrected chi connectivity index (χ2v) is 6.89. The van der Waals surface area contributed by atoms with E-state index in [1.165, 1.54) is 51.6 Å². The minimum Gasteiger partial charge on any atom is -0.329 e. The molecule has 1 aliphatic heterocycles. The van der Waals surface area contributed by atoms with Gasteiger partial charge in [0.05, 0.1) is 0 Å². The SMILES string of the molecule is CC1CCCC(CN)(N2CCc3ccccc3CC2)C1. The Morgan fingerprint density at radius 1 is 1.20 bits per heavy atom.